The molecule has 2 heterocycles. The fourth-order valence-corrected chi connectivity index (χ4v) is 4.45. The van der Waals surface area contributed by atoms with E-state index in [1.165, 1.54) is 11.3 Å². The molecule has 0 radical (unpaired) electrons. The van der Waals surface area contributed by atoms with Crippen molar-refractivity contribution >= 4 is 29.1 Å². The second-order valence-electron chi connectivity index (χ2n) is 8.11. The molecule has 3 amide bonds. The Kier molecular flexibility index (Phi) is 8.27. The summed E-state index contributed by atoms with van der Waals surface area (Å²) < 4.78 is 5.22. The van der Waals surface area contributed by atoms with E-state index in [2.05, 4.69) is 10.6 Å². The van der Waals surface area contributed by atoms with Crippen LogP contribution in [-0.4, -0.2) is 54.9 Å². The molecule has 1 saturated heterocycles. The molecular weight excluding hydrogens is 426 g/mol. The lowest BCUT2D eigenvalue weighted by Crippen LogP contribution is -2.55. The number of nitrogens with one attached hydrogen (secondary N) is 2. The lowest BCUT2D eigenvalue weighted by atomic mass is 9.88. The number of benzene rings is 1. The van der Waals surface area contributed by atoms with Gasteiger partial charge in [-0.1, -0.05) is 19.1 Å². The molecule has 32 heavy (non-hydrogen) atoms. The van der Waals surface area contributed by atoms with E-state index in [-0.39, 0.29) is 29.7 Å². The quantitative estimate of drug-likeness (QED) is 0.637. The van der Waals surface area contributed by atoms with Crippen molar-refractivity contribution in [1.29, 1.82) is 0 Å². The van der Waals surface area contributed by atoms with Crippen LogP contribution in [0.25, 0.3) is 0 Å². The molecule has 7 nitrogen and oxygen atoms in total. The Morgan fingerprint density at radius 2 is 1.91 bits per heavy atom. The molecule has 1 aliphatic heterocycles. The van der Waals surface area contributed by atoms with Crippen LogP contribution in [0.3, 0.4) is 0 Å². The first-order chi connectivity index (χ1) is 15.4. The second-order valence-corrected chi connectivity index (χ2v) is 9.06. The topological polar surface area (TPSA) is 87.7 Å². The predicted molar refractivity (Wildman–Crippen MR) is 125 cm³/mol. The summed E-state index contributed by atoms with van der Waals surface area (Å²) in [5, 5.41) is 7.79. The predicted octanol–water partition coefficient (Wildman–Crippen LogP) is 3.32. The lowest BCUT2D eigenvalue weighted by Gasteiger charge is -2.36. The maximum atomic E-state index is 13.0. The van der Waals surface area contributed by atoms with Crippen LogP contribution in [0, 0.1) is 5.92 Å². The molecule has 3 rings (SSSR count). The van der Waals surface area contributed by atoms with E-state index >= 15 is 0 Å². The molecule has 0 saturated carbocycles. The monoisotopic (exact) mass is 457 g/mol. The largest absolute Gasteiger partial charge is 0.497 e. The molecular formula is C24H31N3O4S. The van der Waals surface area contributed by atoms with Gasteiger partial charge in [0.15, 0.2) is 0 Å². The summed E-state index contributed by atoms with van der Waals surface area (Å²) in [4.78, 5) is 41.0. The van der Waals surface area contributed by atoms with Crippen LogP contribution in [0.5, 0.6) is 5.75 Å². The maximum absolute atomic E-state index is 13.0. The number of carbonyl (C=O) groups excluding carboxylic acids is 3. The van der Waals surface area contributed by atoms with Gasteiger partial charge in [-0.2, -0.15) is 0 Å². The van der Waals surface area contributed by atoms with Crippen molar-refractivity contribution in [2.45, 2.75) is 45.2 Å². The maximum Gasteiger partial charge on any atom is 0.262 e. The SMILES string of the molecule is CCC(C)NC(=O)C(NC(=O)c1cccs1)C1CCN(C(=O)c2cccc(OC)c2)CC1. The Labute approximate surface area is 193 Å². The van der Waals surface area contributed by atoms with Gasteiger partial charge in [0.1, 0.15) is 11.8 Å². The van der Waals surface area contributed by atoms with E-state index in [1.807, 2.05) is 25.3 Å². The number of methoxy groups -OCH3 is 1. The number of ether oxygens (including phenoxy) is 1. The third kappa shape index (κ3) is 5.88. The Morgan fingerprint density at radius 3 is 2.53 bits per heavy atom. The van der Waals surface area contributed by atoms with E-state index in [0.29, 0.717) is 42.1 Å². The minimum Gasteiger partial charge on any atom is -0.497 e. The fraction of sp³-hybridized carbons (Fsp3) is 0.458. The van der Waals surface area contributed by atoms with Crippen LogP contribution in [-0.2, 0) is 4.79 Å². The minimum absolute atomic E-state index is 0.0263. The van der Waals surface area contributed by atoms with Gasteiger partial charge in [-0.05, 0) is 61.7 Å². The van der Waals surface area contributed by atoms with Crippen LogP contribution < -0.4 is 15.4 Å². The smallest absolute Gasteiger partial charge is 0.262 e. The number of hydrogen-bond donors (Lipinski definition) is 2. The average molecular weight is 458 g/mol. The molecule has 2 atom stereocenters. The lowest BCUT2D eigenvalue weighted by molar-refractivity contribution is -0.125. The third-order valence-electron chi connectivity index (χ3n) is 5.93. The van der Waals surface area contributed by atoms with Gasteiger partial charge in [-0.3, -0.25) is 14.4 Å². The second kappa shape index (κ2) is 11.1. The summed E-state index contributed by atoms with van der Waals surface area (Å²) in [5.74, 6) is 0.146. The average Bonchev–Trinajstić information content (AvgIpc) is 3.37. The summed E-state index contributed by atoms with van der Waals surface area (Å²) in [6, 6.07) is 10.1. The zero-order valence-corrected chi connectivity index (χ0v) is 19.6. The highest BCUT2D eigenvalue weighted by Gasteiger charge is 2.34. The number of thiophene rings is 1. The molecule has 1 fully saturated rings. The number of piperidine rings is 1. The zero-order valence-electron chi connectivity index (χ0n) is 18.8. The van der Waals surface area contributed by atoms with Crippen molar-refractivity contribution in [2.75, 3.05) is 20.2 Å². The van der Waals surface area contributed by atoms with Gasteiger partial charge in [-0.15, -0.1) is 11.3 Å². The Hall–Kier alpha value is -2.87. The van der Waals surface area contributed by atoms with E-state index in [0.717, 1.165) is 6.42 Å². The van der Waals surface area contributed by atoms with Gasteiger partial charge in [-0.25, -0.2) is 0 Å². The van der Waals surface area contributed by atoms with Crippen molar-refractivity contribution in [1.82, 2.24) is 15.5 Å². The van der Waals surface area contributed by atoms with Crippen molar-refractivity contribution in [3.8, 4) is 5.75 Å². The van der Waals surface area contributed by atoms with Gasteiger partial charge in [0.05, 0.1) is 12.0 Å². The Morgan fingerprint density at radius 1 is 1.16 bits per heavy atom. The molecule has 0 aliphatic carbocycles. The summed E-state index contributed by atoms with van der Waals surface area (Å²) >= 11 is 1.35. The van der Waals surface area contributed by atoms with Crippen LogP contribution in [0.2, 0.25) is 0 Å². The third-order valence-corrected chi connectivity index (χ3v) is 6.80. The number of rotatable bonds is 8. The van der Waals surface area contributed by atoms with E-state index in [9.17, 15) is 14.4 Å². The van der Waals surface area contributed by atoms with Crippen LogP contribution in [0.4, 0.5) is 0 Å². The van der Waals surface area contributed by atoms with Crippen molar-refractivity contribution < 1.29 is 19.1 Å². The summed E-state index contributed by atoms with van der Waals surface area (Å²) in [7, 11) is 1.57. The minimum atomic E-state index is -0.632. The number of nitrogens with zero attached hydrogens (tertiary/aromatic N) is 1. The molecule has 8 heteroatoms. The number of carbonyl (C=O) groups is 3. The first kappa shape index (κ1) is 23.8. The molecule has 1 aromatic carbocycles. The van der Waals surface area contributed by atoms with Gasteiger partial charge < -0.3 is 20.3 Å². The Balaban J connectivity index is 1.67. The van der Waals surface area contributed by atoms with Crippen molar-refractivity contribution in [2.24, 2.45) is 5.92 Å². The molecule has 2 N–H and O–H groups in total. The van der Waals surface area contributed by atoms with Gasteiger partial charge in [0.25, 0.3) is 11.8 Å². The molecule has 2 unspecified atom stereocenters. The zero-order chi connectivity index (χ0) is 23.1. The standard InChI is InChI=1S/C24H31N3O4S/c1-4-16(2)25-23(29)21(26-22(28)20-9-6-14-32-20)17-10-12-27(13-11-17)24(30)18-7-5-8-19(15-18)31-3/h5-9,14-17,21H,4,10-13H2,1-3H3,(H,25,29)(H,26,28). The molecule has 1 aliphatic rings. The highest BCUT2D eigenvalue weighted by atomic mass is 32.1. The van der Waals surface area contributed by atoms with Crippen LogP contribution in [0.1, 0.15) is 53.1 Å². The van der Waals surface area contributed by atoms with Crippen LogP contribution in [0.15, 0.2) is 41.8 Å². The molecule has 0 bridgehead atoms. The Bertz CT molecular complexity index is 923. The van der Waals surface area contributed by atoms with E-state index in [4.69, 9.17) is 4.74 Å². The summed E-state index contributed by atoms with van der Waals surface area (Å²) in [5.41, 5.74) is 0.583. The number of amides is 3. The fourth-order valence-electron chi connectivity index (χ4n) is 3.83. The molecule has 0 spiro atoms. The van der Waals surface area contributed by atoms with Gasteiger partial charge >= 0.3 is 0 Å². The van der Waals surface area contributed by atoms with Crippen LogP contribution >= 0.6 is 11.3 Å². The van der Waals surface area contributed by atoms with Gasteiger partial charge in [0.2, 0.25) is 5.91 Å². The summed E-state index contributed by atoms with van der Waals surface area (Å²) in [6.07, 6.45) is 2.09. The first-order valence-corrected chi connectivity index (χ1v) is 11.9. The van der Waals surface area contributed by atoms with Gasteiger partial charge in [0, 0.05) is 24.7 Å². The molecule has 1 aromatic heterocycles. The molecule has 172 valence electrons. The summed E-state index contributed by atoms with van der Waals surface area (Å²) in [6.45, 7) is 5.02. The van der Waals surface area contributed by atoms with E-state index < -0.39 is 6.04 Å². The first-order valence-electron chi connectivity index (χ1n) is 11.0. The number of likely N-dealkylation sites (tertiary alicyclic amines) is 1. The highest BCUT2D eigenvalue weighted by Crippen LogP contribution is 2.24. The van der Waals surface area contributed by atoms with Crippen molar-refractivity contribution in [3.05, 3.63) is 52.2 Å². The van der Waals surface area contributed by atoms with E-state index in [1.54, 1.807) is 42.3 Å². The normalized spacial score (nSPS) is 16.2. The molecule has 2 aromatic rings. The van der Waals surface area contributed by atoms with Crippen molar-refractivity contribution in [3.63, 3.8) is 0 Å². The highest BCUT2D eigenvalue weighted by molar-refractivity contribution is 7.12. The number of hydrogen-bond acceptors (Lipinski definition) is 5.